The highest BCUT2D eigenvalue weighted by molar-refractivity contribution is 5.19. The van der Waals surface area contributed by atoms with E-state index in [9.17, 15) is 0 Å². The summed E-state index contributed by atoms with van der Waals surface area (Å²) in [5, 5.41) is 8.31. The van der Waals surface area contributed by atoms with Crippen LogP contribution in [0.25, 0.3) is 0 Å². The lowest BCUT2D eigenvalue weighted by Gasteiger charge is -1.82. The lowest BCUT2D eigenvalue weighted by molar-refractivity contribution is 0.343. The SMILES string of the molecule is C=C/C(C)=C\C=C/CO. The Morgan fingerprint density at radius 3 is 2.78 bits per heavy atom. The summed E-state index contributed by atoms with van der Waals surface area (Å²) in [4.78, 5) is 0. The molecule has 0 saturated heterocycles. The molecular formula is C8H12O. The molecule has 0 aromatic rings. The van der Waals surface area contributed by atoms with Crippen molar-refractivity contribution < 1.29 is 5.11 Å². The van der Waals surface area contributed by atoms with Crippen molar-refractivity contribution in [3.8, 4) is 0 Å². The zero-order chi connectivity index (χ0) is 7.11. The standard InChI is InChI=1S/C8H12O/c1-3-8(2)6-4-5-7-9/h3-6,9H,1,7H2,2H3/b5-4-,8-6-. The fourth-order valence-corrected chi connectivity index (χ4v) is 0.349. The van der Waals surface area contributed by atoms with Gasteiger partial charge in [-0.3, -0.25) is 0 Å². The van der Waals surface area contributed by atoms with Crippen LogP contribution in [0.15, 0.2) is 36.5 Å². The molecule has 50 valence electrons. The Balaban J connectivity index is 3.68. The second kappa shape index (κ2) is 5.32. The van der Waals surface area contributed by atoms with Crippen LogP contribution in [0, 0.1) is 0 Å². The van der Waals surface area contributed by atoms with Gasteiger partial charge in [0, 0.05) is 0 Å². The van der Waals surface area contributed by atoms with Crippen LogP contribution in [0.1, 0.15) is 6.92 Å². The van der Waals surface area contributed by atoms with E-state index in [2.05, 4.69) is 6.58 Å². The molecule has 0 bridgehead atoms. The lowest BCUT2D eigenvalue weighted by atomic mass is 10.3. The van der Waals surface area contributed by atoms with Crippen molar-refractivity contribution >= 4 is 0 Å². The van der Waals surface area contributed by atoms with E-state index in [1.807, 2.05) is 13.0 Å². The lowest BCUT2D eigenvalue weighted by Crippen LogP contribution is -1.69. The molecule has 0 aliphatic heterocycles. The van der Waals surface area contributed by atoms with Crippen LogP contribution in [-0.4, -0.2) is 11.7 Å². The van der Waals surface area contributed by atoms with Crippen LogP contribution >= 0.6 is 0 Å². The molecular weight excluding hydrogens is 112 g/mol. The van der Waals surface area contributed by atoms with E-state index in [-0.39, 0.29) is 6.61 Å². The maximum absolute atomic E-state index is 8.31. The average Bonchev–Trinajstić information content (AvgIpc) is 1.89. The Morgan fingerprint density at radius 2 is 2.33 bits per heavy atom. The molecule has 0 rings (SSSR count). The summed E-state index contributed by atoms with van der Waals surface area (Å²) < 4.78 is 0. The van der Waals surface area contributed by atoms with Gasteiger partial charge < -0.3 is 5.11 Å². The molecule has 0 saturated carbocycles. The van der Waals surface area contributed by atoms with E-state index in [4.69, 9.17) is 5.11 Å². The third kappa shape index (κ3) is 5.04. The van der Waals surface area contributed by atoms with Gasteiger partial charge in [0.25, 0.3) is 0 Å². The summed E-state index contributed by atoms with van der Waals surface area (Å²) in [7, 11) is 0. The molecule has 0 spiro atoms. The third-order valence-electron chi connectivity index (χ3n) is 0.923. The Morgan fingerprint density at radius 1 is 1.67 bits per heavy atom. The molecule has 0 radical (unpaired) electrons. The first-order valence-corrected chi connectivity index (χ1v) is 2.88. The maximum atomic E-state index is 8.31. The number of aliphatic hydroxyl groups is 1. The zero-order valence-electron chi connectivity index (χ0n) is 5.67. The summed E-state index contributed by atoms with van der Waals surface area (Å²) in [6.07, 6.45) is 7.13. The van der Waals surface area contributed by atoms with Crippen molar-refractivity contribution in [2.75, 3.05) is 6.61 Å². The minimum atomic E-state index is 0.0981. The van der Waals surface area contributed by atoms with Crippen molar-refractivity contribution in [1.82, 2.24) is 0 Å². The van der Waals surface area contributed by atoms with Gasteiger partial charge in [-0.25, -0.2) is 0 Å². The molecule has 1 nitrogen and oxygen atoms in total. The van der Waals surface area contributed by atoms with Gasteiger partial charge in [0.1, 0.15) is 0 Å². The molecule has 0 heterocycles. The Kier molecular flexibility index (Phi) is 4.83. The third-order valence-corrected chi connectivity index (χ3v) is 0.923. The molecule has 0 aliphatic carbocycles. The predicted octanol–water partition coefficient (Wildman–Crippen LogP) is 1.67. The van der Waals surface area contributed by atoms with Crippen LogP contribution in [0.4, 0.5) is 0 Å². The first kappa shape index (κ1) is 8.18. The maximum Gasteiger partial charge on any atom is 0.0615 e. The number of hydrogen-bond donors (Lipinski definition) is 1. The molecule has 0 aliphatic rings. The van der Waals surface area contributed by atoms with Crippen LogP contribution in [0.5, 0.6) is 0 Å². The van der Waals surface area contributed by atoms with Gasteiger partial charge in [0.2, 0.25) is 0 Å². The number of rotatable bonds is 3. The molecule has 0 atom stereocenters. The quantitative estimate of drug-likeness (QED) is 0.567. The normalized spacial score (nSPS) is 12.4. The minimum absolute atomic E-state index is 0.0981. The van der Waals surface area contributed by atoms with E-state index >= 15 is 0 Å². The minimum Gasteiger partial charge on any atom is -0.392 e. The second-order valence-electron chi connectivity index (χ2n) is 1.73. The number of hydrogen-bond acceptors (Lipinski definition) is 1. The second-order valence-corrected chi connectivity index (χ2v) is 1.73. The van der Waals surface area contributed by atoms with Gasteiger partial charge in [-0.05, 0) is 6.92 Å². The van der Waals surface area contributed by atoms with Gasteiger partial charge >= 0.3 is 0 Å². The summed E-state index contributed by atoms with van der Waals surface area (Å²) in [6, 6.07) is 0. The molecule has 0 aromatic heterocycles. The molecule has 0 aromatic carbocycles. The van der Waals surface area contributed by atoms with Crippen LogP contribution in [-0.2, 0) is 0 Å². The Hall–Kier alpha value is -0.820. The van der Waals surface area contributed by atoms with Gasteiger partial charge in [-0.15, -0.1) is 0 Å². The number of aliphatic hydroxyl groups excluding tert-OH is 1. The Bertz CT molecular complexity index is 132. The highest BCUT2D eigenvalue weighted by Crippen LogP contribution is 1.91. The molecule has 0 fully saturated rings. The van der Waals surface area contributed by atoms with E-state index in [0.717, 1.165) is 5.57 Å². The van der Waals surface area contributed by atoms with E-state index in [1.165, 1.54) is 0 Å². The van der Waals surface area contributed by atoms with Crippen molar-refractivity contribution in [1.29, 1.82) is 0 Å². The highest BCUT2D eigenvalue weighted by atomic mass is 16.2. The Labute approximate surface area is 56.0 Å². The van der Waals surface area contributed by atoms with Crippen molar-refractivity contribution in [2.45, 2.75) is 6.92 Å². The van der Waals surface area contributed by atoms with Gasteiger partial charge in [-0.1, -0.05) is 36.5 Å². The summed E-state index contributed by atoms with van der Waals surface area (Å²) in [6.45, 7) is 5.63. The van der Waals surface area contributed by atoms with Gasteiger partial charge in [0.15, 0.2) is 0 Å². The number of allylic oxidation sites excluding steroid dienone is 4. The topological polar surface area (TPSA) is 20.2 Å². The van der Waals surface area contributed by atoms with Crippen molar-refractivity contribution in [3.63, 3.8) is 0 Å². The first-order chi connectivity index (χ1) is 4.31. The van der Waals surface area contributed by atoms with E-state index in [0.29, 0.717) is 0 Å². The smallest absolute Gasteiger partial charge is 0.0615 e. The van der Waals surface area contributed by atoms with Gasteiger partial charge in [-0.2, -0.15) is 0 Å². The van der Waals surface area contributed by atoms with E-state index in [1.54, 1.807) is 18.2 Å². The van der Waals surface area contributed by atoms with Crippen LogP contribution in [0.2, 0.25) is 0 Å². The average molecular weight is 124 g/mol. The molecule has 1 N–H and O–H groups in total. The van der Waals surface area contributed by atoms with Gasteiger partial charge in [0.05, 0.1) is 6.61 Å². The highest BCUT2D eigenvalue weighted by Gasteiger charge is 1.71. The fraction of sp³-hybridized carbons (Fsp3) is 0.250. The predicted molar refractivity (Wildman–Crippen MR) is 40.2 cm³/mol. The van der Waals surface area contributed by atoms with E-state index < -0.39 is 0 Å². The largest absolute Gasteiger partial charge is 0.392 e. The van der Waals surface area contributed by atoms with Crippen LogP contribution in [0.3, 0.4) is 0 Å². The molecule has 0 amide bonds. The molecule has 9 heavy (non-hydrogen) atoms. The molecule has 0 unspecified atom stereocenters. The van der Waals surface area contributed by atoms with Crippen LogP contribution < -0.4 is 0 Å². The summed E-state index contributed by atoms with van der Waals surface area (Å²) in [5.41, 5.74) is 1.10. The summed E-state index contributed by atoms with van der Waals surface area (Å²) >= 11 is 0. The zero-order valence-corrected chi connectivity index (χ0v) is 5.67. The monoisotopic (exact) mass is 124 g/mol. The fourth-order valence-electron chi connectivity index (χ4n) is 0.349. The summed E-state index contributed by atoms with van der Waals surface area (Å²) in [5.74, 6) is 0. The molecule has 1 heteroatoms. The van der Waals surface area contributed by atoms with Crippen molar-refractivity contribution in [2.24, 2.45) is 0 Å². The van der Waals surface area contributed by atoms with Crippen molar-refractivity contribution in [3.05, 3.63) is 36.5 Å². The first-order valence-electron chi connectivity index (χ1n) is 2.88.